The van der Waals surface area contributed by atoms with Gasteiger partial charge in [-0.3, -0.25) is 9.59 Å². The number of carbonyl (C=O) groups excluding carboxylic acids is 2. The molecular formula is C14H20N2O3S. The summed E-state index contributed by atoms with van der Waals surface area (Å²) < 4.78 is 6.89. The first-order chi connectivity index (χ1) is 9.63. The highest BCUT2D eigenvalue weighted by molar-refractivity contribution is 7.99. The Morgan fingerprint density at radius 2 is 2.25 bits per heavy atom. The van der Waals surface area contributed by atoms with Crippen molar-refractivity contribution in [3.63, 3.8) is 0 Å². The lowest BCUT2D eigenvalue weighted by Crippen LogP contribution is -2.31. The molecule has 1 aliphatic rings. The quantitative estimate of drug-likeness (QED) is 0.779. The van der Waals surface area contributed by atoms with E-state index < -0.39 is 0 Å². The molecule has 20 heavy (non-hydrogen) atoms. The lowest BCUT2D eigenvalue weighted by molar-refractivity contribution is -0.145. The normalized spacial score (nSPS) is 18.3. The van der Waals surface area contributed by atoms with Gasteiger partial charge in [0.2, 0.25) is 5.91 Å². The largest absolute Gasteiger partial charge is 0.466 e. The van der Waals surface area contributed by atoms with Crippen LogP contribution in [0.5, 0.6) is 0 Å². The van der Waals surface area contributed by atoms with Gasteiger partial charge in [-0.05, 0) is 19.1 Å². The molecule has 0 aromatic carbocycles. The molecule has 6 heteroatoms. The molecule has 1 fully saturated rings. The van der Waals surface area contributed by atoms with Crippen molar-refractivity contribution in [2.75, 3.05) is 18.9 Å². The van der Waals surface area contributed by atoms with Gasteiger partial charge in [0.25, 0.3) is 0 Å². The number of rotatable bonds is 5. The third-order valence-electron chi connectivity index (χ3n) is 3.30. The fourth-order valence-corrected chi connectivity index (χ4v) is 3.63. The van der Waals surface area contributed by atoms with Gasteiger partial charge in [-0.25, -0.2) is 0 Å². The summed E-state index contributed by atoms with van der Waals surface area (Å²) >= 11 is 1.76. The molecule has 1 unspecified atom stereocenters. The van der Waals surface area contributed by atoms with E-state index in [2.05, 4.69) is 0 Å². The van der Waals surface area contributed by atoms with E-state index in [9.17, 15) is 9.59 Å². The SMILES string of the molecule is CCOC(=O)CCC(=O)N1CCSC1c1cccn1C. The Bertz CT molecular complexity index is 487. The minimum atomic E-state index is -0.303. The second-order valence-corrected chi connectivity index (χ2v) is 5.85. The van der Waals surface area contributed by atoms with Crippen LogP contribution in [0.2, 0.25) is 0 Å². The number of nitrogens with zero attached hydrogens (tertiary/aromatic N) is 2. The summed E-state index contributed by atoms with van der Waals surface area (Å²) in [7, 11) is 1.98. The molecule has 2 rings (SSSR count). The molecule has 1 aromatic heterocycles. The predicted molar refractivity (Wildman–Crippen MR) is 78.2 cm³/mol. The standard InChI is InChI=1S/C14H20N2O3S/c1-3-19-13(18)7-6-12(17)16-9-10-20-14(16)11-5-4-8-15(11)2/h4-5,8,14H,3,6-7,9-10H2,1-2H3. The van der Waals surface area contributed by atoms with Gasteiger partial charge in [-0.1, -0.05) is 0 Å². The van der Waals surface area contributed by atoms with E-state index in [1.807, 2.05) is 34.8 Å². The highest BCUT2D eigenvalue weighted by Crippen LogP contribution is 2.38. The van der Waals surface area contributed by atoms with Crippen LogP contribution in [-0.2, 0) is 21.4 Å². The van der Waals surface area contributed by atoms with Crippen LogP contribution < -0.4 is 0 Å². The number of hydrogen-bond donors (Lipinski definition) is 0. The molecule has 1 saturated heterocycles. The molecule has 0 bridgehead atoms. The number of aromatic nitrogens is 1. The summed E-state index contributed by atoms with van der Waals surface area (Å²) in [6, 6.07) is 4.02. The number of hydrogen-bond acceptors (Lipinski definition) is 4. The zero-order valence-electron chi connectivity index (χ0n) is 11.9. The predicted octanol–water partition coefficient (Wildman–Crippen LogP) is 1.94. The lowest BCUT2D eigenvalue weighted by Gasteiger charge is -2.24. The number of esters is 1. The van der Waals surface area contributed by atoms with Crippen LogP contribution in [0.1, 0.15) is 30.8 Å². The Hall–Kier alpha value is -1.43. The monoisotopic (exact) mass is 296 g/mol. The maximum Gasteiger partial charge on any atom is 0.306 e. The van der Waals surface area contributed by atoms with Crippen LogP contribution in [0.4, 0.5) is 0 Å². The average molecular weight is 296 g/mol. The van der Waals surface area contributed by atoms with Gasteiger partial charge in [0, 0.05) is 32.0 Å². The van der Waals surface area contributed by atoms with E-state index in [1.54, 1.807) is 18.7 Å². The van der Waals surface area contributed by atoms with Gasteiger partial charge in [0.15, 0.2) is 0 Å². The Labute approximate surface area is 123 Å². The third-order valence-corrected chi connectivity index (χ3v) is 4.53. The summed E-state index contributed by atoms with van der Waals surface area (Å²) in [6.07, 6.45) is 2.36. The molecule has 1 aromatic rings. The van der Waals surface area contributed by atoms with Crippen molar-refractivity contribution < 1.29 is 14.3 Å². The molecule has 1 atom stereocenters. The smallest absolute Gasteiger partial charge is 0.306 e. The van der Waals surface area contributed by atoms with Gasteiger partial charge in [0.1, 0.15) is 5.37 Å². The van der Waals surface area contributed by atoms with Crippen LogP contribution in [0, 0.1) is 0 Å². The van der Waals surface area contributed by atoms with Crippen LogP contribution in [-0.4, -0.2) is 40.2 Å². The summed E-state index contributed by atoms with van der Waals surface area (Å²) in [6.45, 7) is 2.86. The van der Waals surface area contributed by atoms with Crippen molar-refractivity contribution in [2.45, 2.75) is 25.1 Å². The molecule has 0 aliphatic carbocycles. The Morgan fingerprint density at radius 3 is 2.90 bits per heavy atom. The first kappa shape index (κ1) is 15.0. The zero-order chi connectivity index (χ0) is 14.5. The van der Waals surface area contributed by atoms with E-state index in [-0.39, 0.29) is 30.1 Å². The van der Waals surface area contributed by atoms with Gasteiger partial charge in [0.05, 0.1) is 18.7 Å². The second-order valence-electron chi connectivity index (χ2n) is 4.66. The van der Waals surface area contributed by atoms with Crippen molar-refractivity contribution in [1.29, 1.82) is 0 Å². The Morgan fingerprint density at radius 1 is 1.45 bits per heavy atom. The van der Waals surface area contributed by atoms with Crippen molar-refractivity contribution in [3.8, 4) is 0 Å². The van der Waals surface area contributed by atoms with Crippen LogP contribution in [0.3, 0.4) is 0 Å². The number of thioether (sulfide) groups is 1. The van der Waals surface area contributed by atoms with Crippen molar-refractivity contribution in [1.82, 2.24) is 9.47 Å². The number of ether oxygens (including phenoxy) is 1. The zero-order valence-corrected chi connectivity index (χ0v) is 12.7. The minimum Gasteiger partial charge on any atom is -0.466 e. The summed E-state index contributed by atoms with van der Waals surface area (Å²) in [5.41, 5.74) is 1.12. The van der Waals surface area contributed by atoms with Crippen molar-refractivity contribution in [2.24, 2.45) is 7.05 Å². The molecule has 5 nitrogen and oxygen atoms in total. The van der Waals surface area contributed by atoms with Gasteiger partial charge >= 0.3 is 5.97 Å². The molecule has 0 spiro atoms. The molecule has 1 aliphatic heterocycles. The second kappa shape index (κ2) is 6.83. The van der Waals surface area contributed by atoms with Gasteiger partial charge < -0.3 is 14.2 Å². The highest BCUT2D eigenvalue weighted by atomic mass is 32.2. The third kappa shape index (κ3) is 3.36. The first-order valence-electron chi connectivity index (χ1n) is 6.81. The number of aryl methyl sites for hydroxylation is 1. The van der Waals surface area contributed by atoms with E-state index in [0.29, 0.717) is 6.61 Å². The molecule has 0 N–H and O–H groups in total. The van der Waals surface area contributed by atoms with Crippen LogP contribution in [0.25, 0.3) is 0 Å². The maximum absolute atomic E-state index is 12.3. The molecule has 110 valence electrons. The van der Waals surface area contributed by atoms with Gasteiger partial charge in [-0.2, -0.15) is 0 Å². The minimum absolute atomic E-state index is 0.0225. The highest BCUT2D eigenvalue weighted by Gasteiger charge is 2.31. The Kier molecular flexibility index (Phi) is 5.11. The summed E-state index contributed by atoms with van der Waals surface area (Å²) in [5.74, 6) is 0.651. The van der Waals surface area contributed by atoms with E-state index in [4.69, 9.17) is 4.74 Å². The lowest BCUT2D eigenvalue weighted by atomic mass is 10.2. The van der Waals surface area contributed by atoms with E-state index in [0.717, 1.165) is 18.0 Å². The van der Waals surface area contributed by atoms with Crippen LogP contribution >= 0.6 is 11.8 Å². The molecule has 0 saturated carbocycles. The van der Waals surface area contributed by atoms with Crippen molar-refractivity contribution in [3.05, 3.63) is 24.0 Å². The molecule has 0 radical (unpaired) electrons. The number of carbonyl (C=O) groups is 2. The topological polar surface area (TPSA) is 51.5 Å². The summed E-state index contributed by atoms with van der Waals surface area (Å²) in [5, 5.41) is 0.0599. The Balaban J connectivity index is 1.95. The first-order valence-corrected chi connectivity index (χ1v) is 7.86. The molecular weight excluding hydrogens is 276 g/mol. The average Bonchev–Trinajstić information content (AvgIpc) is 3.04. The fourth-order valence-electron chi connectivity index (χ4n) is 2.29. The fraction of sp³-hybridized carbons (Fsp3) is 0.571. The maximum atomic E-state index is 12.3. The molecule has 2 heterocycles. The molecule has 1 amide bonds. The van der Waals surface area contributed by atoms with E-state index >= 15 is 0 Å². The van der Waals surface area contributed by atoms with Crippen molar-refractivity contribution >= 4 is 23.6 Å². The van der Waals surface area contributed by atoms with E-state index in [1.165, 1.54) is 0 Å². The van der Waals surface area contributed by atoms with Gasteiger partial charge in [-0.15, -0.1) is 11.8 Å². The summed E-state index contributed by atoms with van der Waals surface area (Å²) in [4.78, 5) is 25.5. The van der Waals surface area contributed by atoms with Crippen LogP contribution in [0.15, 0.2) is 18.3 Å². The number of amides is 1.